The molecule has 2 aliphatic rings. The number of hydrogen-bond acceptors (Lipinski definition) is 5. The molecule has 4 rings (SSSR count). The van der Waals surface area contributed by atoms with Crippen LogP contribution in [0.15, 0.2) is 48.5 Å². The van der Waals surface area contributed by atoms with Gasteiger partial charge in [-0.1, -0.05) is 45.0 Å². The van der Waals surface area contributed by atoms with Crippen molar-refractivity contribution in [1.29, 1.82) is 0 Å². The van der Waals surface area contributed by atoms with E-state index >= 15 is 0 Å². The maximum atomic E-state index is 12.7. The minimum atomic E-state index is 0.0316. The zero-order chi connectivity index (χ0) is 22.7. The van der Waals surface area contributed by atoms with Gasteiger partial charge in [0.25, 0.3) is 5.91 Å². The van der Waals surface area contributed by atoms with Crippen LogP contribution in [0.5, 0.6) is 5.75 Å². The number of nitrogens with zero attached hydrogens (tertiary/aromatic N) is 1. The summed E-state index contributed by atoms with van der Waals surface area (Å²) >= 11 is 0. The number of likely N-dealkylation sites (tertiary alicyclic amines) is 1. The van der Waals surface area contributed by atoms with Crippen LogP contribution in [0.25, 0.3) is 0 Å². The highest BCUT2D eigenvalue weighted by molar-refractivity contribution is 5.94. The van der Waals surface area contributed by atoms with Gasteiger partial charge in [-0.05, 0) is 60.1 Å². The van der Waals surface area contributed by atoms with Crippen LogP contribution in [0.2, 0.25) is 0 Å². The lowest BCUT2D eigenvalue weighted by atomic mass is 9.86. The minimum absolute atomic E-state index is 0.0316. The first-order chi connectivity index (χ1) is 15.3. The van der Waals surface area contributed by atoms with Crippen molar-refractivity contribution in [2.24, 2.45) is 0 Å². The molecular weight excluding hydrogens is 400 g/mol. The van der Waals surface area contributed by atoms with Gasteiger partial charge in [-0.25, -0.2) is 10.9 Å². The molecule has 0 bridgehead atoms. The van der Waals surface area contributed by atoms with E-state index < -0.39 is 0 Å². The quantitative estimate of drug-likeness (QED) is 0.666. The summed E-state index contributed by atoms with van der Waals surface area (Å²) in [5.41, 5.74) is 10.2. The molecule has 2 aliphatic heterocycles. The molecule has 0 radical (unpaired) electrons. The van der Waals surface area contributed by atoms with E-state index in [0.29, 0.717) is 12.2 Å². The maximum absolute atomic E-state index is 12.7. The van der Waals surface area contributed by atoms with Crippen LogP contribution >= 0.6 is 0 Å². The number of carbonyl (C=O) groups is 1. The molecule has 0 spiro atoms. The van der Waals surface area contributed by atoms with Gasteiger partial charge in [-0.15, -0.1) is 0 Å². The van der Waals surface area contributed by atoms with Crippen LogP contribution in [-0.2, 0) is 5.41 Å². The number of nitrogens with one attached hydrogen (secondary N) is 3. The Labute approximate surface area is 191 Å². The van der Waals surface area contributed by atoms with Gasteiger partial charge in [0.2, 0.25) is 0 Å². The number of benzene rings is 2. The second-order valence-corrected chi connectivity index (χ2v) is 9.98. The third-order valence-corrected chi connectivity index (χ3v) is 6.72. The first kappa shape index (κ1) is 22.8. The van der Waals surface area contributed by atoms with E-state index in [1.807, 2.05) is 24.3 Å². The zero-order valence-corrected chi connectivity index (χ0v) is 19.7. The van der Waals surface area contributed by atoms with Crippen LogP contribution in [0.4, 0.5) is 0 Å². The molecule has 0 aromatic heterocycles. The molecule has 2 saturated heterocycles. The second kappa shape index (κ2) is 9.61. The second-order valence-electron chi connectivity index (χ2n) is 9.98. The number of rotatable bonds is 5. The van der Waals surface area contributed by atoms with Gasteiger partial charge in [-0.2, -0.15) is 0 Å². The molecule has 1 amide bonds. The molecule has 2 fully saturated rings. The fraction of sp³-hybridized carbons (Fsp3) is 0.500. The molecule has 2 heterocycles. The van der Waals surface area contributed by atoms with E-state index in [1.54, 1.807) is 7.11 Å². The van der Waals surface area contributed by atoms with E-state index in [0.717, 1.165) is 43.7 Å². The molecule has 6 heteroatoms. The van der Waals surface area contributed by atoms with E-state index in [1.165, 1.54) is 11.1 Å². The van der Waals surface area contributed by atoms with Crippen LogP contribution in [0.3, 0.4) is 0 Å². The minimum Gasteiger partial charge on any atom is -0.497 e. The van der Waals surface area contributed by atoms with Gasteiger partial charge in [0.15, 0.2) is 0 Å². The molecule has 0 saturated carbocycles. The predicted octanol–water partition coefficient (Wildman–Crippen LogP) is 3.75. The van der Waals surface area contributed by atoms with Gasteiger partial charge in [0.05, 0.1) is 13.3 Å². The molecule has 2 atom stereocenters. The van der Waals surface area contributed by atoms with Crippen molar-refractivity contribution in [2.45, 2.75) is 63.7 Å². The van der Waals surface area contributed by atoms with Crippen molar-refractivity contribution in [3.63, 3.8) is 0 Å². The van der Waals surface area contributed by atoms with Gasteiger partial charge in [0.1, 0.15) is 5.75 Å². The zero-order valence-electron chi connectivity index (χ0n) is 19.7. The Hall–Kier alpha value is -2.41. The van der Waals surface area contributed by atoms with Gasteiger partial charge < -0.3 is 10.1 Å². The van der Waals surface area contributed by atoms with Crippen molar-refractivity contribution >= 4 is 5.91 Å². The molecular formula is C26H36N4O2. The summed E-state index contributed by atoms with van der Waals surface area (Å²) in [4.78, 5) is 15.2. The van der Waals surface area contributed by atoms with Crippen molar-refractivity contribution < 1.29 is 9.53 Å². The third kappa shape index (κ3) is 5.31. The maximum Gasteiger partial charge on any atom is 0.251 e. The SMILES string of the molecule is COc1ccc(C2CC(N3CCC(NC(=O)c4ccc(C(C)(C)C)cc4)CC3)NN2)cc1. The Morgan fingerprint density at radius 3 is 2.25 bits per heavy atom. The summed E-state index contributed by atoms with van der Waals surface area (Å²) < 4.78 is 5.26. The van der Waals surface area contributed by atoms with E-state index in [4.69, 9.17) is 4.74 Å². The Kier molecular flexibility index (Phi) is 6.84. The number of hydrogen-bond donors (Lipinski definition) is 3. The molecule has 2 aromatic carbocycles. The monoisotopic (exact) mass is 436 g/mol. The molecule has 3 N–H and O–H groups in total. The molecule has 2 aromatic rings. The number of carbonyl (C=O) groups excluding carboxylic acids is 1. The highest BCUT2D eigenvalue weighted by Gasteiger charge is 2.32. The highest BCUT2D eigenvalue weighted by atomic mass is 16.5. The average molecular weight is 437 g/mol. The first-order valence-electron chi connectivity index (χ1n) is 11.6. The average Bonchev–Trinajstić information content (AvgIpc) is 3.29. The smallest absolute Gasteiger partial charge is 0.251 e. The number of amides is 1. The number of methoxy groups -OCH3 is 1. The Bertz CT molecular complexity index is 897. The standard InChI is InChI=1S/C26H36N4O2/c1-26(2,3)20-9-5-19(6-10-20)25(31)27-21-13-15-30(16-14-21)24-17-23(28-29-24)18-7-11-22(32-4)12-8-18/h5-12,21,23-24,28-29H,13-17H2,1-4H3,(H,27,31). The Balaban J connectivity index is 1.25. The number of ether oxygens (including phenoxy) is 1. The van der Waals surface area contributed by atoms with Crippen LogP contribution < -0.4 is 20.9 Å². The third-order valence-electron chi connectivity index (χ3n) is 6.72. The summed E-state index contributed by atoms with van der Waals surface area (Å²) in [6.45, 7) is 8.50. The van der Waals surface area contributed by atoms with E-state index in [-0.39, 0.29) is 17.4 Å². The van der Waals surface area contributed by atoms with E-state index in [2.05, 4.69) is 66.1 Å². The first-order valence-corrected chi connectivity index (χ1v) is 11.6. The summed E-state index contributed by atoms with van der Waals surface area (Å²) in [5.74, 6) is 0.912. The van der Waals surface area contributed by atoms with Crippen molar-refractivity contribution in [2.75, 3.05) is 20.2 Å². The molecule has 32 heavy (non-hydrogen) atoms. The molecule has 172 valence electrons. The number of hydrazine groups is 1. The molecule has 6 nitrogen and oxygen atoms in total. The lowest BCUT2D eigenvalue weighted by molar-refractivity contribution is 0.0880. The topological polar surface area (TPSA) is 65.6 Å². The van der Waals surface area contributed by atoms with Gasteiger partial charge in [0, 0.05) is 30.7 Å². The summed E-state index contributed by atoms with van der Waals surface area (Å²) in [6.07, 6.45) is 3.27. The molecule has 0 aliphatic carbocycles. The van der Waals surface area contributed by atoms with Gasteiger partial charge >= 0.3 is 0 Å². The Morgan fingerprint density at radius 2 is 1.66 bits per heavy atom. The van der Waals surface area contributed by atoms with Crippen molar-refractivity contribution in [1.82, 2.24) is 21.1 Å². The normalized spacial score (nSPS) is 22.6. The highest BCUT2D eigenvalue weighted by Crippen LogP contribution is 2.27. The summed E-state index contributed by atoms with van der Waals surface area (Å²) in [7, 11) is 1.69. The van der Waals surface area contributed by atoms with Crippen molar-refractivity contribution in [3.8, 4) is 5.75 Å². The fourth-order valence-electron chi connectivity index (χ4n) is 4.58. The van der Waals surface area contributed by atoms with Gasteiger partial charge in [-0.3, -0.25) is 9.69 Å². The van der Waals surface area contributed by atoms with Crippen LogP contribution in [-0.4, -0.2) is 43.2 Å². The van der Waals surface area contributed by atoms with Crippen LogP contribution in [0.1, 0.15) is 67.6 Å². The summed E-state index contributed by atoms with van der Waals surface area (Å²) in [5, 5.41) is 3.24. The lowest BCUT2D eigenvalue weighted by Gasteiger charge is -2.35. The fourth-order valence-corrected chi connectivity index (χ4v) is 4.58. The van der Waals surface area contributed by atoms with Crippen molar-refractivity contribution in [3.05, 3.63) is 65.2 Å². The number of piperidine rings is 1. The van der Waals surface area contributed by atoms with Crippen LogP contribution in [0, 0.1) is 0 Å². The Morgan fingerprint density at radius 1 is 1.00 bits per heavy atom. The molecule has 2 unspecified atom stereocenters. The lowest BCUT2D eigenvalue weighted by Crippen LogP contribution is -2.51. The summed E-state index contributed by atoms with van der Waals surface area (Å²) in [6, 6.07) is 16.8. The largest absolute Gasteiger partial charge is 0.497 e. The predicted molar refractivity (Wildman–Crippen MR) is 128 cm³/mol. The van der Waals surface area contributed by atoms with E-state index in [9.17, 15) is 4.79 Å².